The molecule has 1 aromatic heterocycles. The maximum absolute atomic E-state index is 13.9. The van der Waals surface area contributed by atoms with E-state index < -0.39 is 5.69 Å². The number of ether oxygens (including phenoxy) is 1. The van der Waals surface area contributed by atoms with Crippen LogP contribution in [0.25, 0.3) is 0 Å². The first kappa shape index (κ1) is 19.3. The Hall–Kier alpha value is -3.01. The quantitative estimate of drug-likeness (QED) is 0.784. The Morgan fingerprint density at radius 3 is 2.76 bits per heavy atom. The number of aromatic amines is 1. The number of benzene rings is 1. The van der Waals surface area contributed by atoms with Gasteiger partial charge in [0.15, 0.2) is 0 Å². The first-order valence-corrected chi connectivity index (χ1v) is 9.35. The van der Waals surface area contributed by atoms with Crippen molar-refractivity contribution >= 4 is 11.8 Å². The number of aryl methyl sites for hydroxylation is 1. The van der Waals surface area contributed by atoms with Crippen molar-refractivity contribution in [3.8, 4) is 0 Å². The van der Waals surface area contributed by atoms with Crippen molar-refractivity contribution in [1.82, 2.24) is 24.6 Å². The largest absolute Gasteiger partial charge is 0.375 e. The summed E-state index contributed by atoms with van der Waals surface area (Å²) >= 11 is 0. The Kier molecular flexibility index (Phi) is 4.95. The SMILES string of the molecule is COCC(=O)N1C[C@H]2CN(C(=O)c3nn(C)c(=O)[nH]3)C[C@H]2[C@@H]1c1cccc(F)c1. The van der Waals surface area contributed by atoms with Gasteiger partial charge >= 0.3 is 5.69 Å². The fourth-order valence-corrected chi connectivity index (χ4v) is 4.44. The summed E-state index contributed by atoms with van der Waals surface area (Å²) in [5.41, 5.74) is 0.240. The fraction of sp³-hybridized carbons (Fsp3) is 0.474. The zero-order valence-corrected chi connectivity index (χ0v) is 16.2. The maximum Gasteiger partial charge on any atom is 0.343 e. The number of methoxy groups -OCH3 is 1. The zero-order valence-electron chi connectivity index (χ0n) is 16.2. The summed E-state index contributed by atoms with van der Waals surface area (Å²) in [5.74, 6) is -0.900. The normalized spacial score (nSPS) is 23.5. The minimum atomic E-state index is -0.457. The molecule has 2 aliphatic heterocycles. The molecule has 2 saturated heterocycles. The van der Waals surface area contributed by atoms with Crippen molar-refractivity contribution < 1.29 is 18.7 Å². The number of hydrogen-bond donors (Lipinski definition) is 1. The number of H-pyrrole nitrogens is 1. The molecule has 0 aliphatic carbocycles. The van der Waals surface area contributed by atoms with Gasteiger partial charge < -0.3 is 14.5 Å². The molecule has 0 bridgehead atoms. The Morgan fingerprint density at radius 2 is 2.10 bits per heavy atom. The molecule has 10 heteroatoms. The smallest absolute Gasteiger partial charge is 0.343 e. The van der Waals surface area contributed by atoms with E-state index in [-0.39, 0.29) is 47.9 Å². The van der Waals surface area contributed by atoms with Crippen LogP contribution >= 0.6 is 0 Å². The van der Waals surface area contributed by atoms with E-state index in [2.05, 4.69) is 10.1 Å². The number of fused-ring (bicyclic) bond motifs is 1. The molecule has 2 amide bonds. The Morgan fingerprint density at radius 1 is 1.31 bits per heavy atom. The number of hydrogen-bond acceptors (Lipinski definition) is 5. The van der Waals surface area contributed by atoms with E-state index in [1.807, 2.05) is 0 Å². The average molecular weight is 403 g/mol. The number of aromatic nitrogens is 3. The predicted octanol–water partition coefficient (Wildman–Crippen LogP) is 0.166. The number of carbonyl (C=O) groups excluding carboxylic acids is 2. The summed E-state index contributed by atoms with van der Waals surface area (Å²) in [6.07, 6.45) is 0. The van der Waals surface area contributed by atoms with Crippen LogP contribution in [0.15, 0.2) is 29.1 Å². The number of nitrogens with zero attached hydrogens (tertiary/aromatic N) is 4. The summed E-state index contributed by atoms with van der Waals surface area (Å²) in [7, 11) is 2.92. The lowest BCUT2D eigenvalue weighted by Gasteiger charge is -2.29. The van der Waals surface area contributed by atoms with Crippen LogP contribution in [0.5, 0.6) is 0 Å². The molecule has 0 unspecified atom stereocenters. The van der Waals surface area contributed by atoms with E-state index in [1.54, 1.807) is 21.9 Å². The number of rotatable bonds is 4. The van der Waals surface area contributed by atoms with Crippen molar-refractivity contribution in [2.45, 2.75) is 6.04 Å². The monoisotopic (exact) mass is 403 g/mol. The third kappa shape index (κ3) is 3.44. The lowest BCUT2D eigenvalue weighted by molar-refractivity contribution is -0.136. The Labute approximate surface area is 166 Å². The highest BCUT2D eigenvalue weighted by Gasteiger charge is 2.50. The molecule has 3 atom stereocenters. The van der Waals surface area contributed by atoms with Crippen LogP contribution in [-0.2, 0) is 16.6 Å². The lowest BCUT2D eigenvalue weighted by Crippen LogP contribution is -2.39. The van der Waals surface area contributed by atoms with Crippen molar-refractivity contribution in [3.63, 3.8) is 0 Å². The number of likely N-dealkylation sites (tertiary alicyclic amines) is 2. The summed E-state index contributed by atoms with van der Waals surface area (Å²) < 4.78 is 19.9. The van der Waals surface area contributed by atoms with Gasteiger partial charge in [0.25, 0.3) is 5.91 Å². The third-order valence-corrected chi connectivity index (χ3v) is 5.70. The van der Waals surface area contributed by atoms with Crippen LogP contribution in [0, 0.1) is 17.7 Å². The van der Waals surface area contributed by atoms with Crippen LogP contribution < -0.4 is 5.69 Å². The number of amides is 2. The van der Waals surface area contributed by atoms with Crippen LogP contribution in [0.1, 0.15) is 22.2 Å². The maximum atomic E-state index is 13.9. The van der Waals surface area contributed by atoms with Gasteiger partial charge in [0.1, 0.15) is 12.4 Å². The molecule has 2 fully saturated rings. The van der Waals surface area contributed by atoms with Gasteiger partial charge in [-0.25, -0.2) is 13.9 Å². The standard InChI is InChI=1S/C19H22FN5O4/c1-23-19(28)21-17(22-23)18(27)24-7-12-8-25(15(26)10-29-2)16(14(12)9-24)11-4-3-5-13(20)6-11/h3-6,12,14,16H,7-10H2,1-2H3,(H,21,22,28)/t12-,14-,16+/m1/s1. The Bertz CT molecular complexity index is 1000. The molecular formula is C19H22FN5O4. The van der Waals surface area contributed by atoms with E-state index in [1.165, 1.54) is 26.3 Å². The molecule has 0 spiro atoms. The first-order valence-electron chi connectivity index (χ1n) is 9.35. The molecule has 9 nitrogen and oxygen atoms in total. The molecule has 2 aliphatic rings. The highest BCUT2D eigenvalue weighted by molar-refractivity contribution is 5.90. The molecule has 0 saturated carbocycles. The second kappa shape index (κ2) is 7.43. The van der Waals surface area contributed by atoms with E-state index >= 15 is 0 Å². The van der Waals surface area contributed by atoms with Gasteiger partial charge in [-0.2, -0.15) is 0 Å². The lowest BCUT2D eigenvalue weighted by atomic mass is 9.89. The third-order valence-electron chi connectivity index (χ3n) is 5.70. The molecule has 29 heavy (non-hydrogen) atoms. The van der Waals surface area contributed by atoms with Crippen molar-refractivity contribution in [3.05, 3.63) is 52.0 Å². The molecule has 1 N–H and O–H groups in total. The fourth-order valence-electron chi connectivity index (χ4n) is 4.44. The molecule has 1 aromatic carbocycles. The summed E-state index contributed by atoms with van der Waals surface area (Å²) in [4.78, 5) is 42.8. The van der Waals surface area contributed by atoms with E-state index in [0.717, 1.165) is 4.68 Å². The van der Waals surface area contributed by atoms with Gasteiger partial charge in [0.2, 0.25) is 11.7 Å². The van der Waals surface area contributed by atoms with Crippen LogP contribution in [0.2, 0.25) is 0 Å². The second-order valence-electron chi connectivity index (χ2n) is 7.52. The molecule has 3 heterocycles. The van der Waals surface area contributed by atoms with Crippen LogP contribution in [-0.4, -0.2) is 69.7 Å². The van der Waals surface area contributed by atoms with E-state index in [0.29, 0.717) is 25.2 Å². The average Bonchev–Trinajstić information content (AvgIpc) is 3.34. The predicted molar refractivity (Wildman–Crippen MR) is 99.4 cm³/mol. The minimum absolute atomic E-state index is 0.00732. The summed E-state index contributed by atoms with van der Waals surface area (Å²) in [5, 5.41) is 3.93. The van der Waals surface area contributed by atoms with Crippen molar-refractivity contribution in [2.75, 3.05) is 33.4 Å². The molecule has 0 radical (unpaired) electrons. The minimum Gasteiger partial charge on any atom is -0.375 e. The second-order valence-corrected chi connectivity index (χ2v) is 7.52. The highest BCUT2D eigenvalue weighted by atomic mass is 19.1. The van der Waals surface area contributed by atoms with E-state index in [9.17, 15) is 18.8 Å². The van der Waals surface area contributed by atoms with Crippen LogP contribution in [0.4, 0.5) is 4.39 Å². The summed E-state index contributed by atoms with van der Waals surface area (Å²) in [6, 6.07) is 5.86. The summed E-state index contributed by atoms with van der Waals surface area (Å²) in [6.45, 7) is 1.23. The zero-order chi connectivity index (χ0) is 20.7. The van der Waals surface area contributed by atoms with Gasteiger partial charge in [0, 0.05) is 45.6 Å². The van der Waals surface area contributed by atoms with Gasteiger partial charge in [0.05, 0.1) is 6.04 Å². The topological polar surface area (TPSA) is 101 Å². The van der Waals surface area contributed by atoms with Gasteiger partial charge in [-0.15, -0.1) is 5.10 Å². The number of halogens is 1. The molecular weight excluding hydrogens is 381 g/mol. The number of carbonyl (C=O) groups is 2. The van der Waals surface area contributed by atoms with Gasteiger partial charge in [-0.3, -0.25) is 14.6 Å². The van der Waals surface area contributed by atoms with Crippen LogP contribution in [0.3, 0.4) is 0 Å². The molecule has 2 aromatic rings. The van der Waals surface area contributed by atoms with Crippen molar-refractivity contribution in [1.29, 1.82) is 0 Å². The number of nitrogens with one attached hydrogen (secondary N) is 1. The molecule has 154 valence electrons. The van der Waals surface area contributed by atoms with Gasteiger partial charge in [-0.05, 0) is 17.7 Å². The Balaban J connectivity index is 1.60. The van der Waals surface area contributed by atoms with E-state index in [4.69, 9.17) is 4.74 Å². The van der Waals surface area contributed by atoms with Crippen molar-refractivity contribution in [2.24, 2.45) is 18.9 Å². The van der Waals surface area contributed by atoms with Gasteiger partial charge in [-0.1, -0.05) is 12.1 Å². The highest BCUT2D eigenvalue weighted by Crippen LogP contribution is 2.45. The molecule has 4 rings (SSSR count). The first-order chi connectivity index (χ1) is 13.9.